The summed E-state index contributed by atoms with van der Waals surface area (Å²) < 4.78 is 0. The minimum atomic E-state index is -0.231. The van der Waals surface area contributed by atoms with E-state index in [0.29, 0.717) is 17.0 Å². The van der Waals surface area contributed by atoms with Gasteiger partial charge in [0.1, 0.15) is 0 Å². The highest BCUT2D eigenvalue weighted by molar-refractivity contribution is 5.99. The van der Waals surface area contributed by atoms with Crippen molar-refractivity contribution in [2.75, 3.05) is 0 Å². The molecule has 2 amide bonds. The Bertz CT molecular complexity index is 836. The van der Waals surface area contributed by atoms with Gasteiger partial charge in [-0.05, 0) is 63.3 Å². The van der Waals surface area contributed by atoms with E-state index < -0.39 is 0 Å². The molecule has 4 nitrogen and oxygen atoms in total. The second kappa shape index (κ2) is 10.4. The Morgan fingerprint density at radius 3 is 2.20 bits per heavy atom. The molecule has 3 rings (SSSR count). The largest absolute Gasteiger partial charge is 0.272 e. The van der Waals surface area contributed by atoms with Crippen molar-refractivity contribution in [2.45, 2.75) is 71.8 Å². The minimum absolute atomic E-state index is 0.0104. The van der Waals surface area contributed by atoms with Crippen molar-refractivity contribution < 1.29 is 9.59 Å². The van der Waals surface area contributed by atoms with Gasteiger partial charge in [-0.2, -0.15) is 0 Å². The third-order valence-electron chi connectivity index (χ3n) is 6.06. The average Bonchev–Trinajstić information content (AvgIpc) is 2.76. The first-order valence-electron chi connectivity index (χ1n) is 11.3. The SMILES string of the molecule is CCC[C@@H](C1CCCCC1)N(NC(=O)c1ccccc1)C(=O)c1cc(C)cc(C)c1. The van der Waals surface area contributed by atoms with Crippen LogP contribution >= 0.6 is 0 Å². The number of hydrazine groups is 1. The highest BCUT2D eigenvalue weighted by atomic mass is 16.2. The van der Waals surface area contributed by atoms with Gasteiger partial charge in [0.05, 0.1) is 6.04 Å². The van der Waals surface area contributed by atoms with Crippen LogP contribution in [0.3, 0.4) is 0 Å². The van der Waals surface area contributed by atoms with E-state index in [1.54, 1.807) is 17.1 Å². The van der Waals surface area contributed by atoms with E-state index in [1.807, 2.05) is 44.2 Å². The maximum absolute atomic E-state index is 13.7. The molecule has 2 aromatic carbocycles. The van der Waals surface area contributed by atoms with Crippen LogP contribution in [0.25, 0.3) is 0 Å². The maximum Gasteiger partial charge on any atom is 0.272 e. The quantitative estimate of drug-likeness (QED) is 0.613. The van der Waals surface area contributed by atoms with E-state index in [1.165, 1.54) is 19.3 Å². The number of hydrogen-bond acceptors (Lipinski definition) is 2. The predicted octanol–water partition coefficient (Wildman–Crippen LogP) is 5.84. The Morgan fingerprint density at radius 2 is 1.60 bits per heavy atom. The lowest BCUT2D eigenvalue weighted by molar-refractivity contribution is 0.0333. The zero-order valence-electron chi connectivity index (χ0n) is 18.5. The summed E-state index contributed by atoms with van der Waals surface area (Å²) in [6.45, 7) is 6.15. The van der Waals surface area contributed by atoms with E-state index >= 15 is 0 Å². The molecular formula is C26H34N2O2. The van der Waals surface area contributed by atoms with Gasteiger partial charge in [0.2, 0.25) is 0 Å². The van der Waals surface area contributed by atoms with Crippen molar-refractivity contribution in [3.8, 4) is 0 Å². The summed E-state index contributed by atoms with van der Waals surface area (Å²) >= 11 is 0. The van der Waals surface area contributed by atoms with Crippen molar-refractivity contribution in [1.29, 1.82) is 0 Å². The Hall–Kier alpha value is -2.62. The van der Waals surface area contributed by atoms with Crippen LogP contribution in [0.15, 0.2) is 48.5 Å². The molecule has 0 bridgehead atoms. The van der Waals surface area contributed by atoms with Crippen LogP contribution in [0, 0.1) is 19.8 Å². The van der Waals surface area contributed by atoms with Gasteiger partial charge in [0.25, 0.3) is 11.8 Å². The molecule has 1 atom stereocenters. The van der Waals surface area contributed by atoms with Gasteiger partial charge in [0.15, 0.2) is 0 Å². The van der Waals surface area contributed by atoms with Crippen LogP contribution in [-0.2, 0) is 0 Å². The highest BCUT2D eigenvalue weighted by Gasteiger charge is 2.33. The molecule has 1 fully saturated rings. The van der Waals surface area contributed by atoms with Gasteiger partial charge in [-0.3, -0.25) is 15.0 Å². The van der Waals surface area contributed by atoms with E-state index in [-0.39, 0.29) is 17.9 Å². The minimum Gasteiger partial charge on any atom is -0.267 e. The van der Waals surface area contributed by atoms with Crippen LogP contribution in [0.5, 0.6) is 0 Å². The molecule has 0 unspecified atom stereocenters. The molecule has 0 spiro atoms. The van der Waals surface area contributed by atoms with Crippen molar-refractivity contribution in [3.63, 3.8) is 0 Å². The maximum atomic E-state index is 13.7. The topological polar surface area (TPSA) is 49.4 Å². The summed E-state index contributed by atoms with van der Waals surface area (Å²) in [5.41, 5.74) is 6.31. The predicted molar refractivity (Wildman–Crippen MR) is 121 cm³/mol. The van der Waals surface area contributed by atoms with Crippen molar-refractivity contribution in [2.24, 2.45) is 5.92 Å². The monoisotopic (exact) mass is 406 g/mol. The zero-order chi connectivity index (χ0) is 21.5. The molecule has 0 aliphatic heterocycles. The van der Waals surface area contributed by atoms with Crippen molar-refractivity contribution >= 4 is 11.8 Å². The van der Waals surface area contributed by atoms with Gasteiger partial charge in [0, 0.05) is 11.1 Å². The van der Waals surface area contributed by atoms with E-state index in [0.717, 1.165) is 36.8 Å². The molecule has 0 radical (unpaired) electrons. The number of aryl methyl sites for hydroxylation is 2. The Morgan fingerprint density at radius 1 is 0.967 bits per heavy atom. The van der Waals surface area contributed by atoms with E-state index in [2.05, 4.69) is 18.4 Å². The van der Waals surface area contributed by atoms with Crippen molar-refractivity contribution in [1.82, 2.24) is 10.4 Å². The molecule has 1 aliphatic carbocycles. The first-order chi connectivity index (χ1) is 14.5. The molecule has 2 aromatic rings. The molecule has 1 saturated carbocycles. The molecule has 30 heavy (non-hydrogen) atoms. The molecule has 0 aromatic heterocycles. The lowest BCUT2D eigenvalue weighted by atomic mass is 9.81. The molecule has 1 aliphatic rings. The average molecular weight is 407 g/mol. The number of amides is 2. The molecule has 160 valence electrons. The number of nitrogens with zero attached hydrogens (tertiary/aromatic N) is 1. The number of rotatable bonds is 6. The second-order valence-electron chi connectivity index (χ2n) is 8.61. The van der Waals surface area contributed by atoms with E-state index in [9.17, 15) is 9.59 Å². The van der Waals surface area contributed by atoms with Crippen LogP contribution < -0.4 is 5.43 Å². The standard InChI is InChI=1S/C26H34N2O2/c1-4-11-24(21-12-7-5-8-13-21)28(27-25(29)22-14-9-6-10-15-22)26(30)23-17-19(2)16-20(3)18-23/h6,9-10,14-18,21,24H,4-5,7-8,11-13H2,1-3H3,(H,27,29)/t24-/m0/s1. The summed E-state index contributed by atoms with van der Waals surface area (Å²) in [6.07, 6.45) is 7.74. The van der Waals surface area contributed by atoms with Crippen LogP contribution in [0.1, 0.15) is 83.7 Å². The summed E-state index contributed by atoms with van der Waals surface area (Å²) in [5, 5.41) is 1.66. The molecular weight excluding hydrogens is 372 g/mol. The summed E-state index contributed by atoms with van der Waals surface area (Å²) in [7, 11) is 0. The van der Waals surface area contributed by atoms with Gasteiger partial charge < -0.3 is 0 Å². The van der Waals surface area contributed by atoms with Gasteiger partial charge in [-0.25, -0.2) is 5.01 Å². The first-order valence-corrected chi connectivity index (χ1v) is 11.3. The molecule has 0 saturated heterocycles. The summed E-state index contributed by atoms with van der Waals surface area (Å²) in [5.74, 6) is 0.0740. The second-order valence-corrected chi connectivity index (χ2v) is 8.61. The third kappa shape index (κ3) is 5.50. The number of carbonyl (C=O) groups is 2. The fourth-order valence-corrected chi connectivity index (χ4v) is 4.68. The first kappa shape index (κ1) is 22.1. The van der Waals surface area contributed by atoms with Crippen LogP contribution in [-0.4, -0.2) is 22.9 Å². The van der Waals surface area contributed by atoms with Gasteiger partial charge >= 0.3 is 0 Å². The molecule has 0 heterocycles. The number of benzene rings is 2. The Labute approximate surface area is 180 Å². The lowest BCUT2D eigenvalue weighted by Crippen LogP contribution is -2.54. The fourth-order valence-electron chi connectivity index (χ4n) is 4.68. The van der Waals surface area contributed by atoms with Crippen LogP contribution in [0.2, 0.25) is 0 Å². The normalized spacial score (nSPS) is 15.4. The summed E-state index contributed by atoms with van der Waals surface area (Å²) in [6, 6.07) is 15.0. The van der Waals surface area contributed by atoms with Crippen molar-refractivity contribution in [3.05, 3.63) is 70.8 Å². The smallest absolute Gasteiger partial charge is 0.267 e. The third-order valence-corrected chi connectivity index (χ3v) is 6.06. The highest BCUT2D eigenvalue weighted by Crippen LogP contribution is 2.31. The Balaban J connectivity index is 1.95. The number of carbonyl (C=O) groups excluding carboxylic acids is 2. The number of nitrogens with one attached hydrogen (secondary N) is 1. The van der Waals surface area contributed by atoms with Crippen LogP contribution in [0.4, 0.5) is 0 Å². The lowest BCUT2D eigenvalue weighted by Gasteiger charge is -2.39. The Kier molecular flexibility index (Phi) is 7.67. The summed E-state index contributed by atoms with van der Waals surface area (Å²) in [4.78, 5) is 26.7. The van der Waals surface area contributed by atoms with E-state index in [4.69, 9.17) is 0 Å². The molecule has 1 N–H and O–H groups in total. The number of hydrogen-bond donors (Lipinski definition) is 1. The zero-order valence-corrected chi connectivity index (χ0v) is 18.5. The molecule has 4 heteroatoms. The van der Waals surface area contributed by atoms with Gasteiger partial charge in [-0.15, -0.1) is 0 Å². The fraction of sp³-hybridized carbons (Fsp3) is 0.462. The van der Waals surface area contributed by atoms with Gasteiger partial charge in [-0.1, -0.05) is 68.0 Å².